The molecule has 4 aromatic rings. The third kappa shape index (κ3) is 9.72. The van der Waals surface area contributed by atoms with E-state index in [4.69, 9.17) is 27.9 Å². The highest BCUT2D eigenvalue weighted by atomic mass is 35.5. The topological polar surface area (TPSA) is 96.0 Å². The van der Waals surface area contributed by atoms with E-state index in [0.29, 0.717) is 33.7 Å². The fourth-order valence-electron chi connectivity index (χ4n) is 4.75. The molecular weight excluding hydrogens is 645 g/mol. The molecule has 8 nitrogen and oxygen atoms in total. The van der Waals surface area contributed by atoms with Gasteiger partial charge in [0.25, 0.3) is 0 Å². The van der Waals surface area contributed by atoms with Crippen molar-refractivity contribution in [3.8, 4) is 11.5 Å². The molecule has 2 amide bonds. The largest absolute Gasteiger partial charge is 0.457 e. The van der Waals surface area contributed by atoms with E-state index in [1.165, 1.54) is 4.90 Å². The van der Waals surface area contributed by atoms with Crippen molar-refractivity contribution in [3.63, 3.8) is 0 Å². The number of para-hydroxylation sites is 1. The third-order valence-corrected chi connectivity index (χ3v) is 8.98. The highest BCUT2D eigenvalue weighted by Gasteiger charge is 2.34. The highest BCUT2D eigenvalue weighted by molar-refractivity contribution is 7.92. The van der Waals surface area contributed by atoms with Gasteiger partial charge in [0.1, 0.15) is 24.1 Å². The van der Waals surface area contributed by atoms with Gasteiger partial charge in [0, 0.05) is 35.1 Å². The minimum atomic E-state index is -3.94. The van der Waals surface area contributed by atoms with E-state index in [-0.39, 0.29) is 30.5 Å². The molecule has 0 fully saturated rings. The molecule has 242 valence electrons. The van der Waals surface area contributed by atoms with Gasteiger partial charge < -0.3 is 15.0 Å². The number of benzene rings is 4. The smallest absolute Gasteiger partial charge is 0.244 e. The summed E-state index contributed by atoms with van der Waals surface area (Å²) < 4.78 is 33.1. The molecule has 0 aliphatic heterocycles. The van der Waals surface area contributed by atoms with Crippen LogP contribution in [0.25, 0.3) is 0 Å². The summed E-state index contributed by atoms with van der Waals surface area (Å²) in [5, 5.41) is 3.59. The summed E-state index contributed by atoms with van der Waals surface area (Å²) in [6.45, 7) is 3.65. The highest BCUT2D eigenvalue weighted by Crippen LogP contribution is 2.29. The van der Waals surface area contributed by atoms with E-state index in [9.17, 15) is 18.0 Å². The molecule has 0 heterocycles. The minimum absolute atomic E-state index is 0.120. The number of hydrogen-bond acceptors (Lipinski definition) is 5. The lowest BCUT2D eigenvalue weighted by Gasteiger charge is -2.34. The number of nitrogens with one attached hydrogen (secondary N) is 1. The van der Waals surface area contributed by atoms with Gasteiger partial charge in [-0.05, 0) is 60.0 Å². The molecule has 0 bridgehead atoms. The third-order valence-electron chi connectivity index (χ3n) is 7.13. The van der Waals surface area contributed by atoms with Crippen LogP contribution in [-0.2, 0) is 32.6 Å². The maximum absolute atomic E-state index is 14.3. The van der Waals surface area contributed by atoms with Gasteiger partial charge in [-0.3, -0.25) is 13.9 Å². The lowest BCUT2D eigenvalue weighted by Crippen LogP contribution is -2.53. The Morgan fingerprint density at radius 1 is 0.804 bits per heavy atom. The summed E-state index contributed by atoms with van der Waals surface area (Å²) in [7, 11) is -3.94. The number of anilines is 1. The van der Waals surface area contributed by atoms with E-state index >= 15 is 0 Å². The number of rotatable bonds is 14. The summed E-state index contributed by atoms with van der Waals surface area (Å²) in [5.41, 5.74) is 1.53. The predicted octanol–water partition coefficient (Wildman–Crippen LogP) is 6.96. The summed E-state index contributed by atoms with van der Waals surface area (Å²) in [5.74, 6) is 0.307. The monoisotopic (exact) mass is 681 g/mol. The Hall–Kier alpha value is -4.05. The lowest BCUT2D eigenvalue weighted by atomic mass is 10.0. The first-order chi connectivity index (χ1) is 21.9. The fraction of sp³-hybridized carbons (Fsp3) is 0.257. The molecule has 4 aromatic carbocycles. The van der Waals surface area contributed by atoms with Crippen molar-refractivity contribution in [3.05, 3.63) is 124 Å². The first-order valence-corrected chi connectivity index (χ1v) is 17.4. The number of sulfonamides is 1. The maximum atomic E-state index is 14.3. The van der Waals surface area contributed by atoms with Gasteiger partial charge in [0.05, 0.1) is 11.9 Å². The molecule has 0 aliphatic rings. The number of amides is 2. The van der Waals surface area contributed by atoms with Crippen LogP contribution in [0.1, 0.15) is 25.0 Å². The van der Waals surface area contributed by atoms with Crippen molar-refractivity contribution in [2.45, 2.75) is 32.9 Å². The Morgan fingerprint density at radius 2 is 1.37 bits per heavy atom. The second kappa shape index (κ2) is 16.0. The molecule has 0 radical (unpaired) electrons. The molecule has 46 heavy (non-hydrogen) atoms. The number of carbonyl (C=O) groups excluding carboxylic acids is 2. The van der Waals surface area contributed by atoms with E-state index in [0.717, 1.165) is 16.1 Å². The summed E-state index contributed by atoms with van der Waals surface area (Å²) in [6.07, 6.45) is 1.21. The summed E-state index contributed by atoms with van der Waals surface area (Å²) in [4.78, 5) is 29.5. The van der Waals surface area contributed by atoms with Crippen LogP contribution in [0.2, 0.25) is 10.0 Å². The lowest BCUT2D eigenvalue weighted by molar-refractivity contribution is -0.140. The van der Waals surface area contributed by atoms with Gasteiger partial charge in [-0.1, -0.05) is 91.6 Å². The van der Waals surface area contributed by atoms with Crippen LogP contribution in [0, 0.1) is 5.92 Å². The second-order valence-electron chi connectivity index (χ2n) is 11.2. The molecule has 0 aliphatic carbocycles. The normalized spacial score (nSPS) is 12.0. The van der Waals surface area contributed by atoms with Crippen molar-refractivity contribution >= 4 is 50.7 Å². The quantitative estimate of drug-likeness (QED) is 0.155. The number of carbonyl (C=O) groups is 2. The van der Waals surface area contributed by atoms with Crippen molar-refractivity contribution in [1.29, 1.82) is 0 Å². The molecule has 1 N–H and O–H groups in total. The molecule has 0 spiro atoms. The first kappa shape index (κ1) is 34.8. The second-order valence-corrected chi connectivity index (χ2v) is 14.0. The zero-order chi connectivity index (χ0) is 33.3. The van der Waals surface area contributed by atoms with Crippen LogP contribution in [0.15, 0.2) is 103 Å². The summed E-state index contributed by atoms with van der Waals surface area (Å²) >= 11 is 13.1. The molecule has 0 unspecified atom stereocenters. The minimum Gasteiger partial charge on any atom is -0.457 e. The van der Waals surface area contributed by atoms with Crippen molar-refractivity contribution < 1.29 is 22.7 Å². The maximum Gasteiger partial charge on any atom is 0.244 e. The predicted molar refractivity (Wildman–Crippen MR) is 184 cm³/mol. The average molecular weight is 683 g/mol. The van der Waals surface area contributed by atoms with Crippen molar-refractivity contribution in [2.24, 2.45) is 5.92 Å². The summed E-state index contributed by atoms with van der Waals surface area (Å²) in [6, 6.07) is 28.9. The van der Waals surface area contributed by atoms with Crippen LogP contribution < -0.4 is 14.4 Å². The molecule has 0 saturated heterocycles. The number of ether oxygens (including phenoxy) is 1. The molecule has 11 heteroatoms. The Labute approximate surface area is 280 Å². The van der Waals surface area contributed by atoms with E-state index < -0.39 is 28.5 Å². The Kier molecular flexibility index (Phi) is 12.1. The number of nitrogens with zero attached hydrogens (tertiary/aromatic N) is 2. The zero-order valence-corrected chi connectivity index (χ0v) is 28.2. The average Bonchev–Trinajstić information content (AvgIpc) is 3.02. The van der Waals surface area contributed by atoms with Crippen LogP contribution in [0.4, 0.5) is 5.69 Å². The molecule has 0 aromatic heterocycles. The van der Waals surface area contributed by atoms with Gasteiger partial charge in [0.15, 0.2) is 0 Å². The number of halogens is 2. The van der Waals surface area contributed by atoms with E-state index in [2.05, 4.69) is 5.32 Å². The van der Waals surface area contributed by atoms with Gasteiger partial charge in [-0.2, -0.15) is 0 Å². The zero-order valence-electron chi connectivity index (χ0n) is 25.9. The first-order valence-electron chi connectivity index (χ1n) is 14.8. The van der Waals surface area contributed by atoms with Crippen LogP contribution in [0.5, 0.6) is 11.5 Å². The van der Waals surface area contributed by atoms with E-state index in [1.807, 2.05) is 62.4 Å². The molecule has 0 saturated carbocycles. The molecular formula is C35H37Cl2N3O5S. The molecule has 4 rings (SSSR count). The van der Waals surface area contributed by atoms with Crippen LogP contribution in [0.3, 0.4) is 0 Å². The standard InChI is InChI=1S/C35H37Cl2N3O5S/c1-25(2)22-38-35(42)33(21-26-11-6-4-7-12-26)39(23-30-31(36)15-10-16-32(30)37)34(41)24-40(46(3,43)44)27-17-19-29(20-18-27)45-28-13-8-5-9-14-28/h4-20,25,33H,21-24H2,1-3H3,(H,38,42)/t33-/m0/s1. The van der Waals surface area contributed by atoms with Gasteiger partial charge in [-0.25, -0.2) is 8.42 Å². The van der Waals surface area contributed by atoms with Crippen molar-refractivity contribution in [1.82, 2.24) is 10.2 Å². The Morgan fingerprint density at radius 3 is 1.93 bits per heavy atom. The number of hydrogen-bond donors (Lipinski definition) is 1. The Bertz CT molecular complexity index is 1700. The fourth-order valence-corrected chi connectivity index (χ4v) is 6.12. The van der Waals surface area contributed by atoms with Gasteiger partial charge in [-0.15, -0.1) is 0 Å². The van der Waals surface area contributed by atoms with E-state index in [1.54, 1.807) is 54.6 Å². The van der Waals surface area contributed by atoms with Crippen molar-refractivity contribution in [2.75, 3.05) is 23.7 Å². The SMILES string of the molecule is CC(C)CNC(=O)[C@H](Cc1ccccc1)N(Cc1c(Cl)cccc1Cl)C(=O)CN(c1ccc(Oc2ccccc2)cc1)S(C)(=O)=O. The Balaban J connectivity index is 1.70. The van der Waals surface area contributed by atoms with Crippen LogP contribution >= 0.6 is 23.2 Å². The van der Waals surface area contributed by atoms with Gasteiger partial charge >= 0.3 is 0 Å². The molecule has 1 atom stereocenters. The van der Waals surface area contributed by atoms with Gasteiger partial charge in [0.2, 0.25) is 21.8 Å². The van der Waals surface area contributed by atoms with Crippen LogP contribution in [-0.4, -0.2) is 50.5 Å².